The van der Waals surface area contributed by atoms with Crippen molar-refractivity contribution in [2.75, 3.05) is 28.2 Å². The number of hydrogen-bond acceptors (Lipinski definition) is 7. The van der Waals surface area contributed by atoms with Crippen LogP contribution in [0.25, 0.3) is 0 Å². The first-order chi connectivity index (χ1) is 12.2. The number of anilines is 2. The Labute approximate surface area is 165 Å². The van der Waals surface area contributed by atoms with Gasteiger partial charge in [-0.05, 0) is 30.7 Å². The highest BCUT2D eigenvalue weighted by molar-refractivity contribution is 8.01. The summed E-state index contributed by atoms with van der Waals surface area (Å²) < 4.78 is 26.0. The van der Waals surface area contributed by atoms with Gasteiger partial charge in [0.1, 0.15) is 6.54 Å². The smallest absolute Gasteiger partial charge is 0.246 e. The van der Waals surface area contributed by atoms with E-state index in [4.69, 9.17) is 11.6 Å². The fourth-order valence-corrected chi connectivity index (χ4v) is 4.69. The number of halogens is 1. The monoisotopic (exact) mass is 432 g/mol. The molecule has 11 heteroatoms. The predicted octanol–water partition coefficient (Wildman–Crippen LogP) is 3.18. The molecule has 26 heavy (non-hydrogen) atoms. The molecule has 0 fully saturated rings. The van der Waals surface area contributed by atoms with Crippen LogP contribution in [0.5, 0.6) is 0 Å². The fourth-order valence-electron chi connectivity index (χ4n) is 2.02. The topological polar surface area (TPSA) is 92.3 Å². The Morgan fingerprint density at radius 2 is 2.19 bits per heavy atom. The van der Waals surface area contributed by atoms with Crippen LogP contribution in [0.4, 0.5) is 10.8 Å². The minimum Gasteiger partial charge on any atom is -0.299 e. The van der Waals surface area contributed by atoms with E-state index in [-0.39, 0.29) is 6.54 Å². The lowest BCUT2D eigenvalue weighted by atomic mass is 10.2. The maximum absolute atomic E-state index is 12.3. The van der Waals surface area contributed by atoms with Gasteiger partial charge in [-0.1, -0.05) is 40.8 Å². The number of hydrogen-bond donors (Lipinski definition) is 1. The van der Waals surface area contributed by atoms with Crippen LogP contribution in [0.2, 0.25) is 5.02 Å². The minimum absolute atomic E-state index is 0.308. The molecule has 0 spiro atoms. The second-order valence-corrected chi connectivity index (χ2v) is 9.81. The molecular weight excluding hydrogens is 416 g/mol. The first-order valence-corrected chi connectivity index (χ1v) is 11.3. The number of nitrogens with zero attached hydrogens (tertiary/aromatic N) is 3. The van der Waals surface area contributed by atoms with Crippen LogP contribution in [0.3, 0.4) is 0 Å². The summed E-state index contributed by atoms with van der Waals surface area (Å²) in [5.41, 5.74) is 1.04. The van der Waals surface area contributed by atoms with E-state index in [1.165, 1.54) is 23.1 Å². The number of thioether (sulfide) groups is 1. The molecule has 1 N–H and O–H groups in total. The number of nitrogens with one attached hydrogen (secondary N) is 1. The van der Waals surface area contributed by atoms with Crippen LogP contribution in [0.15, 0.2) is 35.2 Å². The lowest BCUT2D eigenvalue weighted by Gasteiger charge is -2.23. The van der Waals surface area contributed by atoms with Crippen molar-refractivity contribution in [3.05, 3.63) is 41.4 Å². The summed E-state index contributed by atoms with van der Waals surface area (Å²) in [6.07, 6.45) is 2.78. The molecule has 2 aromatic rings. The standard InChI is InChI=1S/C15H17ClN4O3S3/c1-4-7-24-15-19-18-14(25-15)17-13(21)9-20(26(3,22)23)12-6-5-11(16)8-10(12)2/h4-6,8H,1,7,9H2,2-3H3,(H,17,18,21). The van der Waals surface area contributed by atoms with E-state index in [0.29, 0.717) is 31.5 Å². The van der Waals surface area contributed by atoms with Gasteiger partial charge in [-0.3, -0.25) is 14.4 Å². The van der Waals surface area contributed by atoms with E-state index in [0.717, 1.165) is 10.6 Å². The van der Waals surface area contributed by atoms with Gasteiger partial charge < -0.3 is 0 Å². The third-order valence-electron chi connectivity index (χ3n) is 3.09. The zero-order valence-electron chi connectivity index (χ0n) is 14.1. The van der Waals surface area contributed by atoms with E-state index < -0.39 is 15.9 Å². The second kappa shape index (κ2) is 8.85. The van der Waals surface area contributed by atoms with Gasteiger partial charge >= 0.3 is 0 Å². The molecule has 140 valence electrons. The van der Waals surface area contributed by atoms with Crippen LogP contribution >= 0.6 is 34.7 Å². The number of aryl methyl sites for hydroxylation is 1. The zero-order chi connectivity index (χ0) is 19.3. The maximum atomic E-state index is 12.3. The van der Waals surface area contributed by atoms with Gasteiger partial charge in [-0.2, -0.15) is 0 Å². The SMILES string of the molecule is C=CCSc1nnc(NC(=O)CN(c2ccc(Cl)cc2C)S(C)(=O)=O)s1. The van der Waals surface area contributed by atoms with Gasteiger partial charge in [-0.25, -0.2) is 8.42 Å². The molecule has 0 saturated carbocycles. The summed E-state index contributed by atoms with van der Waals surface area (Å²) >= 11 is 8.57. The van der Waals surface area contributed by atoms with Gasteiger partial charge in [0.15, 0.2) is 4.34 Å². The summed E-state index contributed by atoms with van der Waals surface area (Å²) in [6.45, 7) is 4.97. The number of amides is 1. The van der Waals surface area contributed by atoms with Gasteiger partial charge in [0.25, 0.3) is 0 Å². The zero-order valence-corrected chi connectivity index (χ0v) is 17.3. The minimum atomic E-state index is -3.67. The van der Waals surface area contributed by atoms with Crippen molar-refractivity contribution < 1.29 is 13.2 Å². The van der Waals surface area contributed by atoms with Crippen LogP contribution in [0.1, 0.15) is 5.56 Å². The summed E-state index contributed by atoms with van der Waals surface area (Å²) in [7, 11) is -3.67. The first kappa shape index (κ1) is 20.7. The van der Waals surface area contributed by atoms with Crippen molar-refractivity contribution in [2.24, 2.45) is 0 Å². The Hall–Kier alpha value is -1.62. The quantitative estimate of drug-likeness (QED) is 0.391. The molecule has 0 aliphatic carbocycles. The molecular formula is C15H17ClN4O3S3. The molecule has 0 atom stereocenters. The third-order valence-corrected chi connectivity index (χ3v) is 6.42. The van der Waals surface area contributed by atoms with Crippen LogP contribution in [0, 0.1) is 6.92 Å². The lowest BCUT2D eigenvalue weighted by molar-refractivity contribution is -0.114. The molecule has 0 bridgehead atoms. The van der Waals surface area contributed by atoms with Crippen molar-refractivity contribution in [3.8, 4) is 0 Å². The number of carbonyl (C=O) groups is 1. The number of rotatable bonds is 8. The number of benzene rings is 1. The van der Waals surface area contributed by atoms with Crippen molar-refractivity contribution in [1.29, 1.82) is 0 Å². The highest BCUT2D eigenvalue weighted by atomic mass is 35.5. The van der Waals surface area contributed by atoms with Gasteiger partial charge in [0.2, 0.25) is 21.1 Å². The third kappa shape index (κ3) is 5.70. The number of sulfonamides is 1. The van der Waals surface area contributed by atoms with Gasteiger partial charge in [0.05, 0.1) is 11.9 Å². The van der Waals surface area contributed by atoms with Crippen molar-refractivity contribution >= 4 is 61.4 Å². The molecule has 1 amide bonds. The molecule has 0 saturated heterocycles. The molecule has 0 unspecified atom stereocenters. The summed E-state index contributed by atoms with van der Waals surface area (Å²) in [6, 6.07) is 4.79. The predicted molar refractivity (Wildman–Crippen MR) is 108 cm³/mol. The lowest BCUT2D eigenvalue weighted by Crippen LogP contribution is -2.37. The molecule has 1 aromatic carbocycles. The highest BCUT2D eigenvalue weighted by Gasteiger charge is 2.23. The van der Waals surface area contributed by atoms with Crippen molar-refractivity contribution in [2.45, 2.75) is 11.3 Å². The summed E-state index contributed by atoms with van der Waals surface area (Å²) in [4.78, 5) is 12.3. The number of aromatic nitrogens is 2. The molecule has 7 nitrogen and oxygen atoms in total. The van der Waals surface area contributed by atoms with E-state index >= 15 is 0 Å². The van der Waals surface area contributed by atoms with E-state index in [2.05, 4.69) is 22.1 Å². The van der Waals surface area contributed by atoms with Crippen molar-refractivity contribution in [1.82, 2.24) is 10.2 Å². The Balaban J connectivity index is 2.14. The Kier molecular flexibility index (Phi) is 7.04. The molecule has 1 heterocycles. The van der Waals surface area contributed by atoms with Crippen LogP contribution in [-0.2, 0) is 14.8 Å². The maximum Gasteiger partial charge on any atom is 0.246 e. The molecule has 0 radical (unpaired) electrons. The van der Waals surface area contributed by atoms with E-state index in [9.17, 15) is 13.2 Å². The Bertz CT molecular complexity index is 915. The summed E-state index contributed by atoms with van der Waals surface area (Å²) in [5.74, 6) is 0.168. The Morgan fingerprint density at radius 1 is 1.46 bits per heavy atom. The average molecular weight is 433 g/mol. The number of carbonyl (C=O) groups excluding carboxylic acids is 1. The fraction of sp³-hybridized carbons (Fsp3) is 0.267. The van der Waals surface area contributed by atoms with Gasteiger partial charge in [0, 0.05) is 10.8 Å². The van der Waals surface area contributed by atoms with Gasteiger partial charge in [-0.15, -0.1) is 16.8 Å². The van der Waals surface area contributed by atoms with E-state index in [1.54, 1.807) is 31.2 Å². The summed E-state index contributed by atoms with van der Waals surface area (Å²) in [5, 5.41) is 11.2. The molecule has 1 aromatic heterocycles. The van der Waals surface area contributed by atoms with Crippen LogP contribution in [-0.4, -0.2) is 43.1 Å². The first-order valence-electron chi connectivity index (χ1n) is 7.31. The highest BCUT2D eigenvalue weighted by Crippen LogP contribution is 2.27. The molecule has 0 aliphatic heterocycles. The van der Waals surface area contributed by atoms with E-state index in [1.807, 2.05) is 0 Å². The van der Waals surface area contributed by atoms with Crippen molar-refractivity contribution in [3.63, 3.8) is 0 Å². The second-order valence-electron chi connectivity index (χ2n) is 5.22. The molecule has 2 rings (SSSR count). The average Bonchev–Trinajstić information content (AvgIpc) is 2.97. The molecule has 0 aliphatic rings. The van der Waals surface area contributed by atoms with Crippen LogP contribution < -0.4 is 9.62 Å². The normalized spacial score (nSPS) is 11.2. The Morgan fingerprint density at radius 3 is 2.81 bits per heavy atom. The largest absolute Gasteiger partial charge is 0.299 e.